The number of hydrogen-bond donors (Lipinski definition) is 2. The lowest BCUT2D eigenvalue weighted by atomic mass is 9.81. The first-order chi connectivity index (χ1) is 21.2. The summed E-state index contributed by atoms with van der Waals surface area (Å²) in [7, 11) is -1.56. The second-order valence-corrected chi connectivity index (χ2v) is 12.0. The van der Waals surface area contributed by atoms with E-state index >= 15 is 0 Å². The first-order valence-electron chi connectivity index (χ1n) is 13.2. The number of benzene rings is 4. The molecule has 0 fully saturated rings. The van der Waals surface area contributed by atoms with Gasteiger partial charge in [0, 0.05) is 3.57 Å². The second kappa shape index (κ2) is 16.9. The van der Waals surface area contributed by atoms with Crippen molar-refractivity contribution in [1.82, 2.24) is 9.97 Å². The van der Waals surface area contributed by atoms with Crippen LogP contribution in [0.15, 0.2) is 133 Å². The Morgan fingerprint density at radius 3 is 1.14 bits per heavy atom. The van der Waals surface area contributed by atoms with Crippen molar-refractivity contribution in [3.8, 4) is 33.4 Å². The normalized spacial score (nSPS) is 10.2. The van der Waals surface area contributed by atoms with Gasteiger partial charge in [0.1, 0.15) is 20.6 Å². The molecule has 0 atom stereocenters. The van der Waals surface area contributed by atoms with Crippen LogP contribution in [0.1, 0.15) is 0 Å². The summed E-state index contributed by atoms with van der Waals surface area (Å²) < 4.78 is 1.28. The zero-order chi connectivity index (χ0) is 31.5. The summed E-state index contributed by atoms with van der Waals surface area (Å²) in [6.07, 6.45) is 0. The summed E-state index contributed by atoms with van der Waals surface area (Å²) in [6, 6.07) is 43.8. The third-order valence-corrected chi connectivity index (χ3v) is 7.62. The van der Waals surface area contributed by atoms with Crippen LogP contribution in [0.3, 0.4) is 0 Å². The summed E-state index contributed by atoms with van der Waals surface area (Å²) >= 11 is 25.1. The van der Waals surface area contributed by atoms with E-state index in [1.807, 2.05) is 36.4 Å². The van der Waals surface area contributed by atoms with E-state index in [-0.39, 0.29) is 15.8 Å². The van der Waals surface area contributed by atoms with Gasteiger partial charge in [-0.2, -0.15) is 0 Å². The lowest BCUT2D eigenvalue weighted by Gasteiger charge is -2.05. The number of rotatable bonds is 4. The average molecular weight is 772 g/mol. The van der Waals surface area contributed by atoms with Gasteiger partial charge >= 0.3 is 7.12 Å². The van der Waals surface area contributed by atoms with Gasteiger partial charge in [-0.05, 0) is 97.8 Å². The molecule has 0 unspecified atom stereocenters. The van der Waals surface area contributed by atoms with Crippen LogP contribution in [0, 0.1) is 3.57 Å². The predicted molar refractivity (Wildman–Crippen MR) is 194 cm³/mol. The van der Waals surface area contributed by atoms with E-state index in [9.17, 15) is 0 Å². The molecule has 0 bridgehead atoms. The Hall–Kier alpha value is -2.95. The molecular weight excluding hydrogens is 748 g/mol. The molecule has 4 aromatic carbocycles. The summed E-state index contributed by atoms with van der Waals surface area (Å²) in [4.78, 5) is 7.58. The van der Waals surface area contributed by atoms with E-state index in [4.69, 9.17) is 56.5 Å². The minimum Gasteiger partial charge on any atom is -0.423 e. The third-order valence-electron chi connectivity index (χ3n) is 6.12. The van der Waals surface area contributed by atoms with Crippen LogP contribution in [0.2, 0.25) is 20.6 Å². The molecule has 0 aliphatic carbocycles. The molecule has 0 aliphatic rings. The molecule has 10 heteroatoms. The molecule has 0 amide bonds. The Bertz CT molecular complexity index is 1740. The molecule has 0 radical (unpaired) electrons. The van der Waals surface area contributed by atoms with Gasteiger partial charge in [0.15, 0.2) is 0 Å². The maximum atomic E-state index is 8.68. The van der Waals surface area contributed by atoms with E-state index in [1.54, 1.807) is 0 Å². The van der Waals surface area contributed by atoms with Gasteiger partial charge in [-0.1, -0.05) is 143 Å². The van der Waals surface area contributed by atoms with E-state index in [0.717, 1.165) is 11.1 Å². The van der Waals surface area contributed by atoms with Crippen molar-refractivity contribution >= 4 is 81.6 Å². The van der Waals surface area contributed by atoms with Crippen molar-refractivity contribution in [3.63, 3.8) is 0 Å². The second-order valence-electron chi connectivity index (χ2n) is 9.24. The summed E-state index contributed by atoms with van der Waals surface area (Å²) in [5.41, 5.74) is 7.20. The lowest BCUT2D eigenvalue weighted by Crippen LogP contribution is -2.29. The number of pyridine rings is 2. The largest absolute Gasteiger partial charge is 0.488 e. The van der Waals surface area contributed by atoms with Crippen LogP contribution in [-0.2, 0) is 0 Å². The van der Waals surface area contributed by atoms with Crippen molar-refractivity contribution in [2.75, 3.05) is 0 Å². The molecule has 0 aliphatic heterocycles. The fraction of sp³-hybridized carbons (Fsp3) is 0. The molecule has 220 valence electrons. The highest BCUT2D eigenvalue weighted by atomic mass is 127. The molecule has 4 nitrogen and oxygen atoms in total. The van der Waals surface area contributed by atoms with Crippen molar-refractivity contribution in [2.24, 2.45) is 0 Å². The maximum absolute atomic E-state index is 8.68. The lowest BCUT2D eigenvalue weighted by molar-refractivity contribution is 0.425. The average Bonchev–Trinajstić information content (AvgIpc) is 3.02. The molecule has 0 saturated carbocycles. The quantitative estimate of drug-likeness (QED) is 0.107. The summed E-state index contributed by atoms with van der Waals surface area (Å²) in [6.45, 7) is 0. The van der Waals surface area contributed by atoms with Gasteiger partial charge in [-0.25, -0.2) is 9.97 Å². The Morgan fingerprint density at radius 1 is 0.432 bits per heavy atom. The highest BCUT2D eigenvalue weighted by Crippen LogP contribution is 2.27. The number of nitrogens with zero attached hydrogens (tertiary/aromatic N) is 2. The molecule has 44 heavy (non-hydrogen) atoms. The molecule has 0 spiro atoms. The zero-order valence-electron chi connectivity index (χ0n) is 23.0. The molecule has 2 heterocycles. The van der Waals surface area contributed by atoms with E-state index in [1.165, 1.54) is 38.0 Å². The van der Waals surface area contributed by atoms with Gasteiger partial charge in [-0.3, -0.25) is 0 Å². The van der Waals surface area contributed by atoms with Gasteiger partial charge in [0.05, 0.1) is 0 Å². The van der Waals surface area contributed by atoms with Crippen molar-refractivity contribution in [1.29, 1.82) is 0 Å². The van der Waals surface area contributed by atoms with E-state index in [2.05, 4.69) is 117 Å². The van der Waals surface area contributed by atoms with Crippen molar-refractivity contribution in [2.45, 2.75) is 0 Å². The number of hydrogen-bond acceptors (Lipinski definition) is 4. The standard InChI is InChI=1S/C17H11Cl2N.C12H9I.C5H4BCl2NO2/c18-16-10-15(11-17(19)20-16)14-8-6-13(7-9-14)12-4-2-1-3-5-12;13-12-8-6-11(7-9-12)10-4-2-1-3-5-10;7-4-1-3(6(10)11)2-5(8)9-4/h1-11H;1-9H;1-2,10-11H. The SMILES string of the molecule is Clc1cc(-c2ccc(-c3ccccc3)cc2)cc(Cl)n1.Ic1ccc(-c2ccccc2)cc1.OB(O)c1cc(Cl)nc(Cl)c1. The third kappa shape index (κ3) is 10.6. The fourth-order valence-electron chi connectivity index (χ4n) is 4.02. The number of aromatic nitrogens is 2. The summed E-state index contributed by atoms with van der Waals surface area (Å²) in [5, 5.41) is 18.4. The Morgan fingerprint density at radius 2 is 0.750 bits per heavy atom. The van der Waals surface area contributed by atoms with E-state index < -0.39 is 7.12 Å². The summed E-state index contributed by atoms with van der Waals surface area (Å²) in [5.74, 6) is 0. The van der Waals surface area contributed by atoms with Gasteiger partial charge in [0.2, 0.25) is 0 Å². The van der Waals surface area contributed by atoms with Crippen LogP contribution in [-0.4, -0.2) is 27.1 Å². The number of halogens is 5. The van der Waals surface area contributed by atoms with Gasteiger partial charge in [-0.15, -0.1) is 0 Å². The first kappa shape index (κ1) is 33.9. The van der Waals surface area contributed by atoms with Crippen LogP contribution < -0.4 is 5.46 Å². The van der Waals surface area contributed by atoms with Crippen LogP contribution >= 0.6 is 69.0 Å². The van der Waals surface area contributed by atoms with E-state index in [0.29, 0.717) is 10.3 Å². The fourth-order valence-corrected chi connectivity index (χ4v) is 5.32. The monoisotopic (exact) mass is 770 g/mol. The minimum atomic E-state index is -1.56. The smallest absolute Gasteiger partial charge is 0.423 e. The molecule has 6 rings (SSSR count). The zero-order valence-corrected chi connectivity index (χ0v) is 28.1. The maximum Gasteiger partial charge on any atom is 0.488 e. The highest BCUT2D eigenvalue weighted by Gasteiger charge is 2.12. The van der Waals surface area contributed by atoms with Crippen molar-refractivity contribution < 1.29 is 10.0 Å². The van der Waals surface area contributed by atoms with Crippen LogP contribution in [0.4, 0.5) is 0 Å². The Kier molecular flexibility index (Phi) is 13.1. The van der Waals surface area contributed by atoms with Crippen LogP contribution in [0.5, 0.6) is 0 Å². The first-order valence-corrected chi connectivity index (χ1v) is 15.8. The topological polar surface area (TPSA) is 66.2 Å². The Labute approximate surface area is 290 Å². The molecule has 2 N–H and O–H groups in total. The Balaban J connectivity index is 0.000000160. The van der Waals surface area contributed by atoms with Gasteiger partial charge < -0.3 is 10.0 Å². The predicted octanol–water partition coefficient (Wildman–Crippen LogP) is 9.75. The van der Waals surface area contributed by atoms with Crippen LogP contribution in [0.25, 0.3) is 33.4 Å². The van der Waals surface area contributed by atoms with Gasteiger partial charge in [0.25, 0.3) is 0 Å². The van der Waals surface area contributed by atoms with Crippen molar-refractivity contribution in [3.05, 3.63) is 158 Å². The molecular formula is C34H24BCl4IN2O2. The molecule has 6 aromatic rings. The highest BCUT2D eigenvalue weighted by molar-refractivity contribution is 14.1. The minimum absolute atomic E-state index is 0.139. The molecule has 2 aromatic heterocycles. The molecule has 0 saturated heterocycles.